The van der Waals surface area contributed by atoms with Crippen LogP contribution in [0, 0.1) is 0 Å². The fourth-order valence-electron chi connectivity index (χ4n) is 4.31. The highest BCUT2D eigenvalue weighted by Gasteiger charge is 2.33. The second kappa shape index (κ2) is 12.9. The van der Waals surface area contributed by atoms with Gasteiger partial charge in [0.2, 0.25) is 0 Å². The summed E-state index contributed by atoms with van der Waals surface area (Å²) < 4.78 is 6.13. The van der Waals surface area contributed by atoms with Gasteiger partial charge in [-0.25, -0.2) is 0 Å². The van der Waals surface area contributed by atoms with Crippen molar-refractivity contribution < 1.29 is 9.53 Å². The lowest BCUT2D eigenvalue weighted by molar-refractivity contribution is -0.122. The molecule has 1 amide bonds. The zero-order valence-electron chi connectivity index (χ0n) is 21.7. The molecule has 194 valence electrons. The number of aliphatic imine (C=N–C) groups is 1. The van der Waals surface area contributed by atoms with Gasteiger partial charge in [0.1, 0.15) is 12.4 Å². The number of nitrogens with zero attached hydrogens (tertiary/aromatic N) is 2. The summed E-state index contributed by atoms with van der Waals surface area (Å²) in [5.74, 6) is 0.785. The van der Waals surface area contributed by atoms with Crippen molar-refractivity contribution >= 4 is 28.9 Å². The van der Waals surface area contributed by atoms with Gasteiger partial charge in [-0.1, -0.05) is 103 Å². The van der Waals surface area contributed by atoms with E-state index < -0.39 is 0 Å². The lowest BCUT2D eigenvalue weighted by atomic mass is 10.1. The first-order valence-corrected chi connectivity index (χ1v) is 13.8. The molecule has 4 nitrogen and oxygen atoms in total. The molecule has 5 rings (SSSR count). The van der Waals surface area contributed by atoms with Crippen molar-refractivity contribution in [1.82, 2.24) is 4.90 Å². The van der Waals surface area contributed by atoms with Gasteiger partial charge in [-0.3, -0.25) is 14.7 Å². The Kier molecular flexibility index (Phi) is 8.71. The van der Waals surface area contributed by atoms with Crippen LogP contribution in [0.25, 0.3) is 6.08 Å². The zero-order valence-corrected chi connectivity index (χ0v) is 22.5. The minimum absolute atomic E-state index is 0.0367. The number of amides is 1. The molecule has 5 heteroatoms. The van der Waals surface area contributed by atoms with Crippen LogP contribution in [0.5, 0.6) is 5.75 Å². The molecule has 0 bridgehead atoms. The van der Waals surface area contributed by atoms with Gasteiger partial charge in [0.15, 0.2) is 5.17 Å². The fraction of sp³-hybridized carbons (Fsp3) is 0.118. The van der Waals surface area contributed by atoms with Crippen molar-refractivity contribution in [2.24, 2.45) is 4.99 Å². The van der Waals surface area contributed by atoms with Gasteiger partial charge in [-0.15, -0.1) is 6.58 Å². The van der Waals surface area contributed by atoms with Crippen LogP contribution < -0.4 is 4.74 Å². The topological polar surface area (TPSA) is 41.9 Å². The number of rotatable bonds is 10. The number of amidine groups is 1. The Morgan fingerprint density at radius 1 is 0.821 bits per heavy atom. The highest BCUT2D eigenvalue weighted by molar-refractivity contribution is 8.18. The van der Waals surface area contributed by atoms with E-state index in [9.17, 15) is 4.79 Å². The molecular weight excluding hydrogens is 500 g/mol. The predicted octanol–water partition coefficient (Wildman–Crippen LogP) is 7.67. The smallest absolute Gasteiger partial charge is 0.267 e. The minimum atomic E-state index is -0.0367. The number of benzene rings is 4. The van der Waals surface area contributed by atoms with Crippen LogP contribution >= 0.6 is 11.8 Å². The van der Waals surface area contributed by atoms with E-state index in [0.717, 1.165) is 33.6 Å². The molecule has 0 aliphatic carbocycles. The van der Waals surface area contributed by atoms with Crippen LogP contribution in [-0.4, -0.2) is 16.0 Å². The van der Waals surface area contributed by atoms with Crippen molar-refractivity contribution in [3.8, 4) is 5.75 Å². The molecule has 0 N–H and O–H groups in total. The first-order chi connectivity index (χ1) is 19.2. The van der Waals surface area contributed by atoms with E-state index in [-0.39, 0.29) is 5.91 Å². The summed E-state index contributed by atoms with van der Waals surface area (Å²) in [5, 5.41) is 0.716. The number of ether oxygens (including phenoxy) is 1. The van der Waals surface area contributed by atoms with E-state index in [2.05, 4.69) is 12.6 Å². The number of carbonyl (C=O) groups excluding carboxylic acids is 1. The molecule has 1 heterocycles. The van der Waals surface area contributed by atoms with Crippen molar-refractivity contribution in [1.29, 1.82) is 0 Å². The van der Waals surface area contributed by atoms with Crippen molar-refractivity contribution in [2.75, 3.05) is 0 Å². The summed E-state index contributed by atoms with van der Waals surface area (Å²) in [7, 11) is 0. The summed E-state index contributed by atoms with van der Waals surface area (Å²) in [4.78, 5) is 20.9. The summed E-state index contributed by atoms with van der Waals surface area (Å²) in [5.41, 5.74) is 5.26. The third kappa shape index (κ3) is 6.95. The van der Waals surface area contributed by atoms with Crippen molar-refractivity contribution in [3.63, 3.8) is 0 Å². The first kappa shape index (κ1) is 26.3. The molecule has 4 aromatic rings. The van der Waals surface area contributed by atoms with Gasteiger partial charge in [0.05, 0.1) is 18.0 Å². The largest absolute Gasteiger partial charge is 0.489 e. The molecule has 0 radical (unpaired) electrons. The Morgan fingerprint density at radius 2 is 1.46 bits per heavy atom. The van der Waals surface area contributed by atoms with E-state index in [1.54, 1.807) is 4.90 Å². The molecular formula is C34H30N2O2S. The molecule has 0 spiro atoms. The molecule has 0 saturated carbocycles. The lowest BCUT2D eigenvalue weighted by Crippen LogP contribution is -2.28. The van der Waals surface area contributed by atoms with E-state index in [1.807, 2.05) is 115 Å². The van der Waals surface area contributed by atoms with E-state index >= 15 is 0 Å². The SMILES string of the molecule is C=CCc1cc(/C=C2/SC(=NCc3ccccc3)N(Cc3ccccc3)C2=O)ccc1OCc1ccccc1. The summed E-state index contributed by atoms with van der Waals surface area (Å²) >= 11 is 1.43. The zero-order chi connectivity index (χ0) is 26.9. The normalized spacial score (nSPS) is 15.2. The van der Waals surface area contributed by atoms with Gasteiger partial charge in [0.25, 0.3) is 5.91 Å². The Labute approximate surface area is 234 Å². The van der Waals surface area contributed by atoms with E-state index in [4.69, 9.17) is 9.73 Å². The summed E-state index contributed by atoms with van der Waals surface area (Å²) in [6, 6.07) is 36.3. The average molecular weight is 531 g/mol. The maximum Gasteiger partial charge on any atom is 0.267 e. The molecule has 1 aliphatic rings. The quantitative estimate of drug-likeness (QED) is 0.156. The average Bonchev–Trinajstić information content (AvgIpc) is 3.26. The molecule has 39 heavy (non-hydrogen) atoms. The van der Waals surface area contributed by atoms with Gasteiger partial charge < -0.3 is 4.74 Å². The third-order valence-corrected chi connectivity index (χ3v) is 7.34. The predicted molar refractivity (Wildman–Crippen MR) is 161 cm³/mol. The summed E-state index contributed by atoms with van der Waals surface area (Å²) in [6.07, 6.45) is 4.49. The maximum atomic E-state index is 13.6. The third-order valence-electron chi connectivity index (χ3n) is 6.30. The number of allylic oxidation sites excluding steroid dienone is 1. The van der Waals surface area contributed by atoms with Gasteiger partial charge >= 0.3 is 0 Å². The Bertz CT molecular complexity index is 1480. The maximum absolute atomic E-state index is 13.6. The molecule has 4 aromatic carbocycles. The molecule has 0 atom stereocenters. The molecule has 1 aliphatic heterocycles. The van der Waals surface area contributed by atoms with Crippen LogP contribution in [0.3, 0.4) is 0 Å². The second-order valence-corrected chi connectivity index (χ2v) is 10.2. The van der Waals surface area contributed by atoms with Crippen molar-refractivity contribution in [3.05, 3.63) is 155 Å². The lowest BCUT2D eigenvalue weighted by Gasteiger charge is -2.15. The Balaban J connectivity index is 1.39. The van der Waals surface area contributed by atoms with Crippen LogP contribution in [0.4, 0.5) is 0 Å². The van der Waals surface area contributed by atoms with Gasteiger partial charge in [-0.05, 0) is 64.2 Å². The molecule has 1 saturated heterocycles. The highest BCUT2D eigenvalue weighted by Crippen LogP contribution is 2.35. The standard InChI is InChI=1S/C34H30N2O2S/c1-2-12-30-21-29(19-20-31(30)38-25-28-17-10-5-11-18-28)22-32-33(37)36(24-27-15-8-4-9-16-27)34(39-32)35-23-26-13-6-3-7-14-26/h2-11,13-22H,1,12,23-25H2/b32-22+,35-34?. The number of carbonyl (C=O) groups is 1. The number of hydrogen-bond acceptors (Lipinski definition) is 4. The van der Waals surface area contributed by atoms with E-state index in [1.165, 1.54) is 11.8 Å². The van der Waals surface area contributed by atoms with Crippen LogP contribution in [0.2, 0.25) is 0 Å². The van der Waals surface area contributed by atoms with Gasteiger partial charge in [-0.2, -0.15) is 0 Å². The van der Waals surface area contributed by atoms with Gasteiger partial charge in [0, 0.05) is 0 Å². The minimum Gasteiger partial charge on any atom is -0.489 e. The molecule has 0 unspecified atom stereocenters. The summed E-state index contributed by atoms with van der Waals surface area (Å²) in [6.45, 7) is 5.41. The number of hydrogen-bond donors (Lipinski definition) is 0. The fourth-order valence-corrected chi connectivity index (χ4v) is 5.28. The monoisotopic (exact) mass is 530 g/mol. The number of thioether (sulfide) groups is 1. The Morgan fingerprint density at radius 3 is 2.13 bits per heavy atom. The molecule has 1 fully saturated rings. The second-order valence-electron chi connectivity index (χ2n) is 9.21. The molecule has 0 aromatic heterocycles. The Hall–Kier alpha value is -4.35. The van der Waals surface area contributed by atoms with E-state index in [0.29, 0.717) is 36.2 Å². The van der Waals surface area contributed by atoms with Crippen molar-refractivity contribution in [2.45, 2.75) is 26.1 Å². The van der Waals surface area contributed by atoms with Crippen LogP contribution in [-0.2, 0) is 30.9 Å². The van der Waals surface area contributed by atoms with Crippen LogP contribution in [0.1, 0.15) is 27.8 Å². The highest BCUT2D eigenvalue weighted by atomic mass is 32.2. The first-order valence-electron chi connectivity index (χ1n) is 12.9. The van der Waals surface area contributed by atoms with Crippen LogP contribution in [0.15, 0.2) is 132 Å².